The third-order valence-electron chi connectivity index (χ3n) is 12.8. The fourth-order valence-electron chi connectivity index (χ4n) is 9.88. The van der Waals surface area contributed by atoms with Crippen LogP contribution in [0.5, 0.6) is 0 Å². The highest BCUT2D eigenvalue weighted by Crippen LogP contribution is 2.51. The summed E-state index contributed by atoms with van der Waals surface area (Å²) >= 11 is 0. The Labute approximate surface area is 349 Å². The number of hydrogen-bond donors (Lipinski definition) is 0. The standard InChI is InChI=1S/C57H40N2O/c1-57(2)51-23-9-6-18-45(51)46-32-30-43(36-52(46)57)58(41-17-12-16-39(34-41)37-14-4-3-5-15-37)42-31-33-54-50(35-42)47-19-7-10-24-53(47)59(54)40-28-26-38(27-29-40)44-21-13-22-49-48-20-8-11-25-55(48)60-56(44)49/h3-36H,1-2H3. The molecular formula is C57H40N2O. The Hall–Kier alpha value is -7.62. The molecule has 0 aliphatic heterocycles. The predicted octanol–water partition coefficient (Wildman–Crippen LogP) is 15.8. The quantitative estimate of drug-likeness (QED) is 0.168. The highest BCUT2D eigenvalue weighted by molar-refractivity contribution is 6.11. The smallest absolute Gasteiger partial charge is 0.143 e. The van der Waals surface area contributed by atoms with Crippen molar-refractivity contribution in [1.82, 2.24) is 4.57 Å². The van der Waals surface area contributed by atoms with Crippen molar-refractivity contribution < 1.29 is 4.42 Å². The highest BCUT2D eigenvalue weighted by Gasteiger charge is 2.35. The van der Waals surface area contributed by atoms with E-state index < -0.39 is 0 Å². The highest BCUT2D eigenvalue weighted by atomic mass is 16.3. The average molecular weight is 769 g/mol. The summed E-state index contributed by atoms with van der Waals surface area (Å²) in [5, 5.41) is 4.70. The molecule has 0 atom stereocenters. The van der Waals surface area contributed by atoms with E-state index in [1.807, 2.05) is 12.1 Å². The van der Waals surface area contributed by atoms with Crippen LogP contribution in [0.1, 0.15) is 25.0 Å². The fraction of sp³-hybridized carbons (Fsp3) is 0.0526. The summed E-state index contributed by atoms with van der Waals surface area (Å²) in [7, 11) is 0. The summed E-state index contributed by atoms with van der Waals surface area (Å²) in [6.45, 7) is 4.71. The maximum absolute atomic E-state index is 6.42. The van der Waals surface area contributed by atoms with Crippen LogP contribution >= 0.6 is 0 Å². The molecule has 11 aromatic rings. The number of para-hydroxylation sites is 3. The summed E-state index contributed by atoms with van der Waals surface area (Å²) in [5.41, 5.74) is 18.5. The molecule has 0 saturated heterocycles. The largest absolute Gasteiger partial charge is 0.455 e. The first kappa shape index (κ1) is 34.4. The molecule has 3 nitrogen and oxygen atoms in total. The molecule has 60 heavy (non-hydrogen) atoms. The second kappa shape index (κ2) is 13.2. The summed E-state index contributed by atoms with van der Waals surface area (Å²) < 4.78 is 8.81. The maximum Gasteiger partial charge on any atom is 0.143 e. The van der Waals surface area contributed by atoms with E-state index in [4.69, 9.17) is 4.42 Å². The van der Waals surface area contributed by atoms with Crippen LogP contribution in [0.2, 0.25) is 0 Å². The molecule has 2 heterocycles. The zero-order valence-electron chi connectivity index (χ0n) is 33.4. The topological polar surface area (TPSA) is 21.3 Å². The molecule has 0 amide bonds. The Balaban J connectivity index is 1.01. The van der Waals surface area contributed by atoms with E-state index >= 15 is 0 Å². The van der Waals surface area contributed by atoms with Crippen LogP contribution in [0.3, 0.4) is 0 Å². The number of aromatic nitrogens is 1. The third-order valence-corrected chi connectivity index (χ3v) is 12.8. The number of fused-ring (bicyclic) bond motifs is 9. The van der Waals surface area contributed by atoms with Crippen LogP contribution in [0.25, 0.3) is 82.8 Å². The normalized spacial score (nSPS) is 13.0. The lowest BCUT2D eigenvalue weighted by molar-refractivity contribution is 0.660. The zero-order valence-corrected chi connectivity index (χ0v) is 33.4. The van der Waals surface area contributed by atoms with Crippen LogP contribution in [0.4, 0.5) is 17.1 Å². The van der Waals surface area contributed by atoms with Crippen molar-refractivity contribution in [3.8, 4) is 39.1 Å². The summed E-state index contributed by atoms with van der Waals surface area (Å²) in [4.78, 5) is 2.44. The number of furan rings is 1. The van der Waals surface area contributed by atoms with Gasteiger partial charge in [-0.25, -0.2) is 0 Å². The molecule has 0 radical (unpaired) electrons. The van der Waals surface area contributed by atoms with Crippen LogP contribution in [0, 0.1) is 0 Å². The summed E-state index contributed by atoms with van der Waals surface area (Å²) in [5.74, 6) is 0. The van der Waals surface area contributed by atoms with Gasteiger partial charge in [-0.05, 0) is 106 Å². The van der Waals surface area contributed by atoms with Gasteiger partial charge >= 0.3 is 0 Å². The van der Waals surface area contributed by atoms with Crippen LogP contribution in [-0.2, 0) is 5.41 Å². The van der Waals surface area contributed by atoms with E-state index in [2.05, 4.69) is 217 Å². The zero-order chi connectivity index (χ0) is 40.0. The molecule has 9 aromatic carbocycles. The molecular weight excluding hydrogens is 729 g/mol. The number of benzene rings is 9. The van der Waals surface area contributed by atoms with Gasteiger partial charge in [-0.15, -0.1) is 0 Å². The SMILES string of the molecule is CC1(C)c2ccccc2-c2ccc(N(c3cccc(-c4ccccc4)c3)c3ccc4c(c3)c3ccccc3n4-c3ccc(-c4cccc5c4oc4ccccc45)cc3)cc21. The minimum Gasteiger partial charge on any atom is -0.455 e. The lowest BCUT2D eigenvalue weighted by atomic mass is 9.82. The fourth-order valence-corrected chi connectivity index (χ4v) is 9.88. The minimum absolute atomic E-state index is 0.120. The molecule has 0 spiro atoms. The molecule has 3 heteroatoms. The van der Waals surface area contributed by atoms with E-state index in [0.29, 0.717) is 0 Å². The van der Waals surface area contributed by atoms with Gasteiger partial charge in [0.15, 0.2) is 0 Å². The van der Waals surface area contributed by atoms with E-state index in [-0.39, 0.29) is 5.41 Å². The first-order chi connectivity index (χ1) is 29.5. The molecule has 12 rings (SSSR count). The van der Waals surface area contributed by atoms with Crippen molar-refractivity contribution in [1.29, 1.82) is 0 Å². The third kappa shape index (κ3) is 5.22. The van der Waals surface area contributed by atoms with Crippen LogP contribution in [-0.4, -0.2) is 4.57 Å². The summed E-state index contributed by atoms with van der Waals surface area (Å²) in [6, 6.07) is 74.9. The average Bonchev–Trinajstić information content (AvgIpc) is 3.92. The monoisotopic (exact) mass is 768 g/mol. The Morgan fingerprint density at radius 2 is 1.03 bits per heavy atom. The van der Waals surface area contributed by atoms with Gasteiger partial charge in [0.1, 0.15) is 11.2 Å². The maximum atomic E-state index is 6.42. The molecule has 0 N–H and O–H groups in total. The van der Waals surface area contributed by atoms with E-state index in [1.54, 1.807) is 0 Å². The number of anilines is 3. The number of rotatable bonds is 6. The Morgan fingerprint density at radius 1 is 0.400 bits per heavy atom. The molecule has 0 fully saturated rings. The first-order valence-corrected chi connectivity index (χ1v) is 20.8. The van der Waals surface area contributed by atoms with Gasteiger partial charge in [0.05, 0.1) is 11.0 Å². The van der Waals surface area contributed by atoms with Gasteiger partial charge in [0.25, 0.3) is 0 Å². The molecule has 2 aromatic heterocycles. The minimum atomic E-state index is -0.120. The van der Waals surface area contributed by atoms with Crippen LogP contribution < -0.4 is 4.90 Å². The Morgan fingerprint density at radius 3 is 1.92 bits per heavy atom. The van der Waals surface area contributed by atoms with E-state index in [1.165, 1.54) is 49.7 Å². The number of hydrogen-bond acceptors (Lipinski definition) is 2. The lowest BCUT2D eigenvalue weighted by Gasteiger charge is -2.28. The molecule has 1 aliphatic carbocycles. The van der Waals surface area contributed by atoms with Gasteiger partial charge in [-0.1, -0.05) is 153 Å². The molecule has 1 aliphatic rings. The summed E-state index contributed by atoms with van der Waals surface area (Å²) in [6.07, 6.45) is 0. The predicted molar refractivity (Wildman–Crippen MR) is 251 cm³/mol. The first-order valence-electron chi connectivity index (χ1n) is 20.8. The van der Waals surface area contributed by atoms with Gasteiger partial charge in [0.2, 0.25) is 0 Å². The van der Waals surface area contributed by atoms with Crippen molar-refractivity contribution in [3.63, 3.8) is 0 Å². The molecule has 0 saturated carbocycles. The van der Waals surface area contributed by atoms with Gasteiger partial charge in [-0.3, -0.25) is 0 Å². The second-order valence-electron chi connectivity index (χ2n) is 16.5. The van der Waals surface area contributed by atoms with Gasteiger partial charge in [0, 0.05) is 55.3 Å². The number of nitrogens with zero attached hydrogens (tertiary/aromatic N) is 2. The van der Waals surface area contributed by atoms with Gasteiger partial charge < -0.3 is 13.9 Å². The molecule has 0 unspecified atom stereocenters. The van der Waals surface area contributed by atoms with E-state index in [9.17, 15) is 0 Å². The molecule has 284 valence electrons. The van der Waals surface area contributed by atoms with Crippen molar-refractivity contribution >= 4 is 60.8 Å². The second-order valence-corrected chi connectivity index (χ2v) is 16.5. The van der Waals surface area contributed by atoms with Crippen molar-refractivity contribution in [3.05, 3.63) is 217 Å². The van der Waals surface area contributed by atoms with Gasteiger partial charge in [-0.2, -0.15) is 0 Å². The van der Waals surface area contributed by atoms with Crippen LogP contribution in [0.15, 0.2) is 211 Å². The lowest BCUT2D eigenvalue weighted by Crippen LogP contribution is -2.16. The Kier molecular flexibility index (Phi) is 7.58. The van der Waals surface area contributed by atoms with Crippen molar-refractivity contribution in [2.24, 2.45) is 0 Å². The van der Waals surface area contributed by atoms with Crippen molar-refractivity contribution in [2.45, 2.75) is 19.3 Å². The molecule has 0 bridgehead atoms. The van der Waals surface area contributed by atoms with E-state index in [0.717, 1.165) is 61.3 Å². The Bertz CT molecular complexity index is 3460. The van der Waals surface area contributed by atoms with Crippen molar-refractivity contribution in [2.75, 3.05) is 4.90 Å².